The summed E-state index contributed by atoms with van der Waals surface area (Å²) in [5, 5.41) is 36.9. The van der Waals surface area contributed by atoms with Crippen LogP contribution in [0.5, 0.6) is 0 Å². The van der Waals surface area contributed by atoms with Gasteiger partial charge >= 0.3 is 5.97 Å². The van der Waals surface area contributed by atoms with E-state index in [-0.39, 0.29) is 48.7 Å². The lowest BCUT2D eigenvalue weighted by atomic mass is 9.74. The van der Waals surface area contributed by atoms with E-state index >= 15 is 0 Å². The molecule has 18 nitrogen and oxygen atoms in total. The summed E-state index contributed by atoms with van der Waals surface area (Å²) in [7, 11) is 3.66. The Morgan fingerprint density at radius 2 is 1.76 bits per heavy atom. The maximum Gasteiger partial charge on any atom is 0.309 e. The molecule has 0 spiro atoms. The number of aromatic nitrogens is 3. The van der Waals surface area contributed by atoms with Crippen LogP contribution >= 0.6 is 0 Å². The molecular formula is C51H82FN5O13S. The number of cyclic esters (lactones) is 1. The van der Waals surface area contributed by atoms with Gasteiger partial charge in [-0.05, 0) is 76.1 Å². The van der Waals surface area contributed by atoms with Crippen LogP contribution in [-0.2, 0) is 59.0 Å². The highest BCUT2D eigenvalue weighted by Gasteiger charge is 2.49. The number of carbonyl (C=O) groups excluding carboxylic acids is 1. The first kappa shape index (κ1) is 58.4. The molecule has 5 rings (SSSR count). The Bertz CT molecular complexity index is 2160. The van der Waals surface area contributed by atoms with Crippen molar-refractivity contribution in [2.75, 3.05) is 73.1 Å². The highest BCUT2D eigenvalue weighted by molar-refractivity contribution is 7.92. The van der Waals surface area contributed by atoms with Crippen molar-refractivity contribution in [2.24, 2.45) is 28.8 Å². The van der Waals surface area contributed by atoms with E-state index in [9.17, 15) is 27.8 Å². The van der Waals surface area contributed by atoms with Gasteiger partial charge in [0.15, 0.2) is 16.1 Å². The average molecular weight is 1020 g/mol. The van der Waals surface area contributed by atoms with E-state index < -0.39 is 82.3 Å². The molecule has 2 N–H and O–H groups in total. The van der Waals surface area contributed by atoms with E-state index in [4.69, 9.17) is 38.0 Å². The topological polar surface area (TPSA) is 212 Å². The number of hydrogen-bond acceptors (Lipinski definition) is 17. The van der Waals surface area contributed by atoms with Crippen LogP contribution in [0.2, 0.25) is 0 Å². The summed E-state index contributed by atoms with van der Waals surface area (Å²) in [5.41, 5.74) is 0.633. The summed E-state index contributed by atoms with van der Waals surface area (Å²) in [6, 6.07) is 6.61. The maximum absolute atomic E-state index is 14.8. The molecule has 0 unspecified atom stereocenters. The smallest absolute Gasteiger partial charge is 0.309 e. The summed E-state index contributed by atoms with van der Waals surface area (Å²) >= 11 is 0. The first-order valence-corrected chi connectivity index (χ1v) is 26.9. The Morgan fingerprint density at radius 1 is 1.04 bits per heavy atom. The van der Waals surface area contributed by atoms with Crippen molar-refractivity contribution in [3.63, 3.8) is 0 Å². The number of halogens is 1. The lowest BCUT2D eigenvalue weighted by molar-refractivity contribution is -0.265. The second-order valence-corrected chi connectivity index (χ2v) is 22.6. The number of alkyl halides is 1. The molecule has 0 bridgehead atoms. The highest BCUT2D eigenvalue weighted by Crippen LogP contribution is 2.40. The summed E-state index contributed by atoms with van der Waals surface area (Å²) in [6.07, 6.45) is 1.83. The molecular weight excluding hydrogens is 942 g/mol. The van der Waals surface area contributed by atoms with Crippen LogP contribution in [0.4, 0.5) is 4.39 Å². The van der Waals surface area contributed by atoms with Crippen molar-refractivity contribution in [2.45, 2.75) is 154 Å². The Balaban J connectivity index is 1.32. The third-order valence-corrected chi connectivity index (χ3v) is 16.2. The summed E-state index contributed by atoms with van der Waals surface area (Å²) in [4.78, 5) is 21.7. The predicted molar refractivity (Wildman–Crippen MR) is 266 cm³/mol. The molecule has 0 radical (unpaired) electrons. The monoisotopic (exact) mass is 1020 g/mol. The minimum Gasteiger partial charge on any atom is -0.459 e. The molecule has 2 saturated heterocycles. The van der Waals surface area contributed by atoms with Crippen LogP contribution in [0.3, 0.4) is 0 Å². The normalized spacial score (nSPS) is 33.6. The molecule has 2 fully saturated rings. The third-order valence-electron chi connectivity index (χ3n) is 14.8. The van der Waals surface area contributed by atoms with E-state index in [2.05, 4.69) is 27.4 Å². The number of oxime groups is 1. The van der Waals surface area contributed by atoms with Crippen molar-refractivity contribution in [3.05, 3.63) is 53.4 Å². The molecule has 4 heterocycles. The minimum absolute atomic E-state index is 0.00132. The number of aliphatic hydroxyl groups excluding tert-OH is 1. The zero-order valence-electron chi connectivity index (χ0n) is 44.0. The van der Waals surface area contributed by atoms with Gasteiger partial charge in [0, 0.05) is 64.8 Å². The third kappa shape index (κ3) is 15.1. The zero-order valence-corrected chi connectivity index (χ0v) is 44.8. The predicted octanol–water partition coefficient (Wildman–Crippen LogP) is 5.91. The van der Waals surface area contributed by atoms with Crippen LogP contribution < -0.4 is 0 Å². The van der Waals surface area contributed by atoms with E-state index in [0.29, 0.717) is 56.8 Å². The standard InChI is InChI=1S/C51H82FN5O13S/c1-13-43-51(8,60)47(58)36(6)45(54-67-31-66-22-21-63-10)34(4)27-50(7,65-12)48(32(2)24-33(3)49(59)69-43)70-44-26-41(25-35(5)68-44)56(9)20-18-40-29-57(55-53-40)42(28-52)46(64-11)38-16-14-37(15-17-38)39-19-23-71(61,62)30-39/h14-17,19,29,32-36,41-44,46-48,58,60H,13,18,20-28,30-31H2,1-12H3/b54-45-/t32-,33+,34+,35+,36-,41-,42+,43+,44-,46+,47+,48+,50+,51+/m0/s1. The number of aliphatic hydroxyl groups is 2. The highest BCUT2D eigenvalue weighted by atomic mass is 32.2. The Labute approximate surface area is 420 Å². The fourth-order valence-electron chi connectivity index (χ4n) is 10.6. The number of likely N-dealkylation sites (N-methyl/N-ethyl adjacent to an activating group) is 1. The molecule has 20 heteroatoms. The summed E-state index contributed by atoms with van der Waals surface area (Å²) in [5.74, 6) is -2.43. The van der Waals surface area contributed by atoms with Crippen molar-refractivity contribution < 1.29 is 65.8 Å². The fraction of sp³-hybridized carbons (Fsp3) is 0.765. The van der Waals surface area contributed by atoms with Gasteiger partial charge in [0.05, 0.1) is 66.0 Å². The van der Waals surface area contributed by atoms with Crippen molar-refractivity contribution in [3.8, 4) is 0 Å². The SMILES string of the molecule is CC[C@H]1OC(=O)[C@H](C)C[C@H](C)[C@@H](O[C@H]2C[C@@H](N(C)CCc3cn([C@H](CF)[C@H](OC)c4ccc(C5=CCS(=O)(=O)C5)cc4)nn3)C[C@@H](C)O2)[C@](C)(OC)C[C@@H](C)/C(=N/OCOCCOC)[C@H](C)[C@@H](O)[C@]1(C)O. The number of hydrogen-bond donors (Lipinski definition) is 2. The fourth-order valence-corrected chi connectivity index (χ4v) is 11.9. The van der Waals surface area contributed by atoms with E-state index in [1.807, 2.05) is 52.0 Å². The van der Waals surface area contributed by atoms with Crippen LogP contribution in [0.15, 0.2) is 41.7 Å². The second-order valence-electron chi connectivity index (χ2n) is 20.5. The Hall–Kier alpha value is -3.44. The number of sulfone groups is 1. The van der Waals surface area contributed by atoms with Gasteiger partial charge in [0.1, 0.15) is 30.5 Å². The largest absolute Gasteiger partial charge is 0.459 e. The molecule has 0 saturated carbocycles. The van der Waals surface area contributed by atoms with Crippen molar-refractivity contribution in [1.82, 2.24) is 19.9 Å². The number of carbonyl (C=O) groups is 1. The van der Waals surface area contributed by atoms with Gasteiger partial charge < -0.3 is 53.1 Å². The minimum atomic E-state index is -3.12. The van der Waals surface area contributed by atoms with Crippen LogP contribution in [0, 0.1) is 23.7 Å². The number of benzene rings is 1. The van der Waals surface area contributed by atoms with E-state index in [0.717, 1.165) is 23.1 Å². The average Bonchev–Trinajstić information content (AvgIpc) is 3.97. The molecule has 0 aliphatic carbocycles. The molecule has 3 aliphatic rings. The maximum atomic E-state index is 14.8. The molecule has 402 valence electrons. The zero-order chi connectivity index (χ0) is 52.3. The number of rotatable bonds is 20. The summed E-state index contributed by atoms with van der Waals surface area (Å²) in [6.45, 7) is 15.2. The molecule has 1 aromatic carbocycles. The van der Waals surface area contributed by atoms with E-state index in [1.54, 1.807) is 47.3 Å². The number of ether oxygens (including phenoxy) is 7. The Morgan fingerprint density at radius 3 is 2.38 bits per heavy atom. The van der Waals surface area contributed by atoms with Gasteiger partial charge in [0.2, 0.25) is 6.79 Å². The van der Waals surface area contributed by atoms with Crippen LogP contribution in [-0.4, -0.2) is 171 Å². The van der Waals surface area contributed by atoms with Crippen LogP contribution in [0.25, 0.3) is 5.57 Å². The van der Waals surface area contributed by atoms with Gasteiger partial charge in [-0.25, -0.2) is 17.5 Å². The van der Waals surface area contributed by atoms with Crippen LogP contribution in [0.1, 0.15) is 116 Å². The van der Waals surface area contributed by atoms with Crippen molar-refractivity contribution in [1.29, 1.82) is 0 Å². The Kier molecular flexibility index (Phi) is 21.5. The first-order valence-electron chi connectivity index (χ1n) is 25.0. The number of esters is 1. The quantitative estimate of drug-likeness (QED) is 0.0683. The number of methoxy groups -OCH3 is 3. The second kappa shape index (κ2) is 26.2. The lowest BCUT2D eigenvalue weighted by Gasteiger charge is -2.46. The first-order chi connectivity index (χ1) is 33.6. The van der Waals surface area contributed by atoms with Gasteiger partial charge in [-0.2, -0.15) is 0 Å². The molecule has 1 aromatic heterocycles. The van der Waals surface area contributed by atoms with Crippen molar-refractivity contribution >= 4 is 27.1 Å². The molecule has 0 amide bonds. The molecule has 71 heavy (non-hydrogen) atoms. The van der Waals surface area contributed by atoms with Gasteiger partial charge in [-0.3, -0.25) is 4.79 Å². The van der Waals surface area contributed by atoms with Gasteiger partial charge in [0.25, 0.3) is 0 Å². The van der Waals surface area contributed by atoms with E-state index in [1.165, 1.54) is 18.7 Å². The van der Waals surface area contributed by atoms with Gasteiger partial charge in [-0.15, -0.1) is 5.10 Å². The summed E-state index contributed by atoms with van der Waals surface area (Å²) < 4.78 is 82.8. The molecule has 3 aliphatic heterocycles. The lowest BCUT2D eigenvalue weighted by Crippen LogP contribution is -2.57. The van der Waals surface area contributed by atoms with Gasteiger partial charge in [-0.1, -0.05) is 75.3 Å². The molecule has 14 atom stereocenters. The molecule has 2 aromatic rings. The number of nitrogens with zero attached hydrogens (tertiary/aromatic N) is 5.